The first-order valence-corrected chi connectivity index (χ1v) is 8.72. The molecule has 0 aliphatic heterocycles. The zero-order chi connectivity index (χ0) is 17.9. The molecule has 1 aliphatic rings. The van der Waals surface area contributed by atoms with Crippen LogP contribution in [0.3, 0.4) is 0 Å². The summed E-state index contributed by atoms with van der Waals surface area (Å²) >= 11 is 6.02. The molecule has 5 rings (SSSR count). The van der Waals surface area contributed by atoms with Crippen LogP contribution in [0.15, 0.2) is 53.3 Å². The Morgan fingerprint density at radius 3 is 2.58 bits per heavy atom. The number of hydrogen-bond acceptors (Lipinski definition) is 3. The van der Waals surface area contributed by atoms with E-state index in [-0.39, 0.29) is 11.0 Å². The van der Waals surface area contributed by atoms with Crippen molar-refractivity contribution in [2.45, 2.75) is 18.3 Å². The van der Waals surface area contributed by atoms with Crippen molar-refractivity contribution in [1.82, 2.24) is 14.6 Å². The molecule has 5 nitrogen and oxygen atoms in total. The average molecular weight is 361 g/mol. The smallest absolute Gasteiger partial charge is 0.259 e. The van der Waals surface area contributed by atoms with Gasteiger partial charge >= 0.3 is 0 Å². The van der Waals surface area contributed by atoms with E-state index in [1.165, 1.54) is 0 Å². The predicted molar refractivity (Wildman–Crippen MR) is 99.5 cm³/mol. The van der Waals surface area contributed by atoms with Gasteiger partial charge in [0, 0.05) is 10.4 Å². The van der Waals surface area contributed by atoms with Gasteiger partial charge in [-0.05, 0) is 42.7 Å². The van der Waals surface area contributed by atoms with Gasteiger partial charge in [0.15, 0.2) is 5.65 Å². The van der Waals surface area contributed by atoms with Crippen molar-refractivity contribution in [2.75, 3.05) is 0 Å². The number of aromatic amines is 1. The first kappa shape index (κ1) is 15.2. The second-order valence-electron chi connectivity index (χ2n) is 6.66. The molecule has 0 amide bonds. The second-order valence-corrected chi connectivity index (χ2v) is 7.09. The van der Waals surface area contributed by atoms with Crippen LogP contribution in [-0.2, 0) is 5.41 Å². The van der Waals surface area contributed by atoms with Gasteiger partial charge in [-0.3, -0.25) is 4.79 Å². The van der Waals surface area contributed by atoms with Crippen LogP contribution in [0.5, 0.6) is 0 Å². The molecule has 1 N–H and O–H groups in total. The predicted octanol–water partition coefficient (Wildman–Crippen LogP) is 3.78. The molecule has 126 valence electrons. The minimum atomic E-state index is -0.292. The highest BCUT2D eigenvalue weighted by molar-refractivity contribution is 6.30. The van der Waals surface area contributed by atoms with Crippen LogP contribution in [-0.4, -0.2) is 14.6 Å². The van der Waals surface area contributed by atoms with Gasteiger partial charge in [0.25, 0.3) is 5.56 Å². The Balaban J connectivity index is 1.84. The standard InChI is InChI=1S/C20H13ClN4O/c21-13-7-5-12(6-8-13)20(9-10-20)17-15(11-22)18-23-19(26)14-3-1-2-4-16(14)25(18)24-17/h1-8H,9-10H2,(H,23,26). The maximum atomic E-state index is 12.4. The normalized spacial score (nSPS) is 15.2. The molecule has 2 aromatic heterocycles. The third kappa shape index (κ3) is 1.97. The Morgan fingerprint density at radius 2 is 1.88 bits per heavy atom. The molecular weight excluding hydrogens is 348 g/mol. The number of nitrogens with zero attached hydrogens (tertiary/aromatic N) is 3. The summed E-state index contributed by atoms with van der Waals surface area (Å²) in [6.45, 7) is 0. The highest BCUT2D eigenvalue weighted by Crippen LogP contribution is 2.54. The molecule has 1 aliphatic carbocycles. The van der Waals surface area contributed by atoms with Crippen molar-refractivity contribution in [3.05, 3.63) is 80.7 Å². The van der Waals surface area contributed by atoms with Crippen molar-refractivity contribution in [3.8, 4) is 6.07 Å². The number of hydrogen-bond donors (Lipinski definition) is 1. The lowest BCUT2D eigenvalue weighted by Gasteiger charge is -2.13. The van der Waals surface area contributed by atoms with Gasteiger partial charge in [0.05, 0.1) is 16.6 Å². The van der Waals surface area contributed by atoms with E-state index in [0.717, 1.165) is 18.4 Å². The summed E-state index contributed by atoms with van der Waals surface area (Å²) in [6.07, 6.45) is 1.82. The molecule has 2 aromatic carbocycles. The van der Waals surface area contributed by atoms with Crippen LogP contribution in [0, 0.1) is 11.3 Å². The Bertz CT molecular complexity index is 1270. The van der Waals surface area contributed by atoms with Gasteiger partial charge in [0.2, 0.25) is 0 Å². The zero-order valence-corrected chi connectivity index (χ0v) is 14.4. The molecule has 1 fully saturated rings. The Morgan fingerprint density at radius 1 is 1.15 bits per heavy atom. The number of aromatic nitrogens is 3. The molecule has 0 atom stereocenters. The molecule has 0 saturated heterocycles. The van der Waals surface area contributed by atoms with E-state index in [0.29, 0.717) is 32.8 Å². The maximum Gasteiger partial charge on any atom is 0.259 e. The molecule has 0 unspecified atom stereocenters. The molecule has 0 radical (unpaired) electrons. The Labute approximate surface area is 153 Å². The molecule has 4 aromatic rings. The number of nitriles is 1. The number of halogens is 1. The highest BCUT2D eigenvalue weighted by atomic mass is 35.5. The van der Waals surface area contributed by atoms with Crippen LogP contribution in [0.2, 0.25) is 5.02 Å². The summed E-state index contributed by atoms with van der Waals surface area (Å²) in [5, 5.41) is 15.8. The van der Waals surface area contributed by atoms with Crippen molar-refractivity contribution in [3.63, 3.8) is 0 Å². The number of para-hydroxylation sites is 1. The number of rotatable bonds is 2. The summed E-state index contributed by atoms with van der Waals surface area (Å²) < 4.78 is 1.68. The van der Waals surface area contributed by atoms with Gasteiger partial charge in [-0.1, -0.05) is 35.9 Å². The van der Waals surface area contributed by atoms with Crippen molar-refractivity contribution in [1.29, 1.82) is 5.26 Å². The minimum Gasteiger partial charge on any atom is -0.305 e. The summed E-state index contributed by atoms with van der Waals surface area (Å²) in [5.41, 5.74) is 2.88. The third-order valence-electron chi connectivity index (χ3n) is 5.21. The molecule has 1 saturated carbocycles. The number of benzene rings is 2. The van der Waals surface area contributed by atoms with E-state index in [2.05, 4.69) is 11.1 Å². The summed E-state index contributed by atoms with van der Waals surface area (Å²) in [4.78, 5) is 15.3. The van der Waals surface area contributed by atoms with E-state index in [9.17, 15) is 10.1 Å². The number of nitrogens with one attached hydrogen (secondary N) is 1. The van der Waals surface area contributed by atoms with E-state index < -0.39 is 0 Å². The van der Waals surface area contributed by atoms with Gasteiger partial charge in [-0.2, -0.15) is 10.4 Å². The lowest BCUT2D eigenvalue weighted by molar-refractivity contribution is 0.775. The fourth-order valence-electron chi connectivity index (χ4n) is 3.73. The molecule has 0 bridgehead atoms. The lowest BCUT2D eigenvalue weighted by Crippen LogP contribution is -2.11. The van der Waals surface area contributed by atoms with Crippen LogP contribution in [0.4, 0.5) is 0 Å². The summed E-state index contributed by atoms with van der Waals surface area (Å²) in [5.74, 6) is 0. The summed E-state index contributed by atoms with van der Waals surface area (Å²) in [7, 11) is 0. The first-order chi connectivity index (χ1) is 12.6. The van der Waals surface area contributed by atoms with Gasteiger partial charge in [0.1, 0.15) is 11.6 Å². The molecule has 26 heavy (non-hydrogen) atoms. The zero-order valence-electron chi connectivity index (χ0n) is 13.7. The van der Waals surface area contributed by atoms with E-state index in [1.807, 2.05) is 42.5 Å². The number of H-pyrrole nitrogens is 1. The Kier molecular flexibility index (Phi) is 3.03. The fourth-order valence-corrected chi connectivity index (χ4v) is 3.86. The number of fused-ring (bicyclic) bond motifs is 3. The maximum absolute atomic E-state index is 12.4. The first-order valence-electron chi connectivity index (χ1n) is 8.34. The van der Waals surface area contributed by atoms with Crippen LogP contribution in [0.1, 0.15) is 29.7 Å². The van der Waals surface area contributed by atoms with Crippen LogP contribution >= 0.6 is 11.6 Å². The van der Waals surface area contributed by atoms with Crippen LogP contribution in [0.25, 0.3) is 16.6 Å². The average Bonchev–Trinajstić information content (AvgIpc) is 3.38. The van der Waals surface area contributed by atoms with E-state index in [1.54, 1.807) is 10.6 Å². The third-order valence-corrected chi connectivity index (χ3v) is 5.46. The van der Waals surface area contributed by atoms with Gasteiger partial charge in [-0.25, -0.2) is 4.52 Å². The van der Waals surface area contributed by atoms with Gasteiger partial charge in [-0.15, -0.1) is 0 Å². The minimum absolute atomic E-state index is 0.215. The SMILES string of the molecule is N#Cc1c(C2(c3ccc(Cl)cc3)CC2)nn2c1[nH]c(=O)c1ccccc12. The quantitative estimate of drug-likeness (QED) is 0.591. The second kappa shape index (κ2) is 5.20. The molecular formula is C20H13ClN4O. The van der Waals surface area contributed by atoms with Crippen molar-refractivity contribution < 1.29 is 0 Å². The fraction of sp³-hybridized carbons (Fsp3) is 0.150. The van der Waals surface area contributed by atoms with E-state index >= 15 is 0 Å². The molecule has 2 heterocycles. The summed E-state index contributed by atoms with van der Waals surface area (Å²) in [6, 6.07) is 17.2. The topological polar surface area (TPSA) is 74.0 Å². The monoisotopic (exact) mass is 360 g/mol. The van der Waals surface area contributed by atoms with Crippen molar-refractivity contribution >= 4 is 28.2 Å². The highest BCUT2D eigenvalue weighted by Gasteiger charge is 2.50. The Hall–Kier alpha value is -3.10. The van der Waals surface area contributed by atoms with Crippen molar-refractivity contribution in [2.24, 2.45) is 0 Å². The van der Waals surface area contributed by atoms with Crippen LogP contribution < -0.4 is 5.56 Å². The van der Waals surface area contributed by atoms with Gasteiger partial charge < -0.3 is 4.98 Å². The largest absolute Gasteiger partial charge is 0.305 e. The lowest BCUT2D eigenvalue weighted by atomic mass is 9.90. The van der Waals surface area contributed by atoms with E-state index in [4.69, 9.17) is 16.7 Å². The molecule has 0 spiro atoms. The molecule has 6 heteroatoms.